The van der Waals surface area contributed by atoms with E-state index in [4.69, 9.17) is 29.4 Å². The Morgan fingerprint density at radius 1 is 1.32 bits per heavy atom. The van der Waals surface area contributed by atoms with Gasteiger partial charge in [0.15, 0.2) is 11.6 Å². The second-order valence-electron chi connectivity index (χ2n) is 10.2. The van der Waals surface area contributed by atoms with Gasteiger partial charge in [-0.25, -0.2) is 9.97 Å². The minimum Gasteiger partial charge on any atom is -0.459 e. The predicted molar refractivity (Wildman–Crippen MR) is 140 cm³/mol. The number of aromatic nitrogens is 3. The van der Waals surface area contributed by atoms with Crippen molar-refractivity contribution in [3.05, 3.63) is 28.9 Å². The van der Waals surface area contributed by atoms with Crippen LogP contribution in [-0.4, -0.2) is 66.3 Å². The zero-order valence-corrected chi connectivity index (χ0v) is 22.5. The van der Waals surface area contributed by atoms with Crippen LogP contribution in [0.2, 0.25) is 0 Å². The summed E-state index contributed by atoms with van der Waals surface area (Å²) < 4.78 is 16.7. The molecule has 2 fully saturated rings. The Balaban J connectivity index is 1.68. The van der Waals surface area contributed by atoms with Crippen molar-refractivity contribution in [2.24, 2.45) is 5.92 Å². The first-order valence-corrected chi connectivity index (χ1v) is 13.0. The normalized spacial score (nSPS) is 24.1. The highest BCUT2D eigenvalue weighted by atomic mass is 16.5. The number of carbonyl (C=O) groups is 1. The third kappa shape index (κ3) is 5.93. The van der Waals surface area contributed by atoms with Gasteiger partial charge in [-0.1, -0.05) is 12.1 Å². The largest absolute Gasteiger partial charge is 0.459 e. The zero-order valence-electron chi connectivity index (χ0n) is 22.5. The highest BCUT2D eigenvalue weighted by Gasteiger charge is 2.44. The van der Waals surface area contributed by atoms with Gasteiger partial charge >= 0.3 is 5.97 Å². The maximum atomic E-state index is 11.6. The smallest absolute Gasteiger partial charge is 0.303 e. The molecule has 0 aromatic carbocycles. The minimum absolute atomic E-state index is 0.00677. The van der Waals surface area contributed by atoms with E-state index in [1.54, 1.807) is 6.92 Å². The molecule has 2 aliphatic rings. The number of esters is 1. The Morgan fingerprint density at radius 3 is 2.73 bits per heavy atom. The molecule has 3 N–H and O–H groups in total. The van der Waals surface area contributed by atoms with Crippen LogP contribution in [0.1, 0.15) is 69.3 Å². The van der Waals surface area contributed by atoms with E-state index in [1.807, 2.05) is 20.0 Å². The van der Waals surface area contributed by atoms with Gasteiger partial charge in [0.05, 0.1) is 11.4 Å². The van der Waals surface area contributed by atoms with E-state index >= 15 is 0 Å². The van der Waals surface area contributed by atoms with Gasteiger partial charge < -0.3 is 34.9 Å². The molecule has 202 valence electrons. The van der Waals surface area contributed by atoms with Gasteiger partial charge in [-0.3, -0.25) is 4.79 Å². The molecule has 0 amide bonds. The number of rotatable bonds is 9. The Morgan fingerprint density at radius 2 is 2.14 bits per heavy atom. The molecule has 37 heavy (non-hydrogen) atoms. The number of piperidine rings is 1. The standard InChI is InChI=1S/C26H39N7O4/c1-16-13-33(10-9-26(16,15-28-5)21-12-17(2)37-32-21)25-20(14-36-19(4)34)29-23(18(3)27)24(31-25)30-22-8-6-7-11-35-22/h12,16,22,27-28H,6-11,13-15H2,1-5H3,(H,30,31). The van der Waals surface area contributed by atoms with Crippen molar-refractivity contribution < 1.29 is 18.8 Å². The number of carbonyl (C=O) groups excluding carboxylic acids is 1. The van der Waals surface area contributed by atoms with Crippen molar-refractivity contribution in [3.8, 4) is 0 Å². The molecular formula is C26H39N7O4. The summed E-state index contributed by atoms with van der Waals surface area (Å²) in [7, 11) is 1.96. The predicted octanol–water partition coefficient (Wildman–Crippen LogP) is 3.17. The van der Waals surface area contributed by atoms with E-state index < -0.39 is 0 Å². The number of aryl methyl sites for hydroxylation is 1. The third-order valence-electron chi connectivity index (χ3n) is 7.39. The van der Waals surface area contributed by atoms with Crippen molar-refractivity contribution in [1.29, 1.82) is 5.41 Å². The van der Waals surface area contributed by atoms with E-state index in [2.05, 4.69) is 27.6 Å². The number of hydrogen-bond donors (Lipinski definition) is 3. The van der Waals surface area contributed by atoms with Crippen molar-refractivity contribution >= 4 is 23.3 Å². The molecule has 2 aliphatic heterocycles. The molecule has 3 atom stereocenters. The lowest BCUT2D eigenvalue weighted by Crippen LogP contribution is -2.54. The monoisotopic (exact) mass is 513 g/mol. The van der Waals surface area contributed by atoms with E-state index in [0.29, 0.717) is 42.7 Å². The molecule has 0 aliphatic carbocycles. The van der Waals surface area contributed by atoms with Crippen LogP contribution in [0.15, 0.2) is 10.6 Å². The average Bonchev–Trinajstić information content (AvgIpc) is 3.31. The van der Waals surface area contributed by atoms with Crippen LogP contribution in [0.3, 0.4) is 0 Å². The maximum absolute atomic E-state index is 11.6. The Bertz CT molecular complexity index is 1110. The SMILES string of the molecule is CNCC1(c2cc(C)on2)CCN(c2nc(NC3CCCCO3)c(C(C)=N)nc2COC(C)=O)CC1C. The average molecular weight is 514 g/mol. The highest BCUT2D eigenvalue weighted by Crippen LogP contribution is 2.41. The van der Waals surface area contributed by atoms with Crippen LogP contribution in [0.25, 0.3) is 0 Å². The molecule has 11 heteroatoms. The number of anilines is 2. The Labute approximate surface area is 218 Å². The Hall–Kier alpha value is -3.05. The van der Waals surface area contributed by atoms with E-state index in [9.17, 15) is 4.79 Å². The summed E-state index contributed by atoms with van der Waals surface area (Å²) in [6, 6.07) is 2.03. The molecule has 0 saturated carbocycles. The van der Waals surface area contributed by atoms with E-state index in [-0.39, 0.29) is 35.8 Å². The first-order chi connectivity index (χ1) is 17.7. The van der Waals surface area contributed by atoms with Crippen LogP contribution >= 0.6 is 0 Å². The maximum Gasteiger partial charge on any atom is 0.303 e. The minimum atomic E-state index is -0.389. The number of nitrogens with zero attached hydrogens (tertiary/aromatic N) is 4. The summed E-state index contributed by atoms with van der Waals surface area (Å²) in [5.41, 5.74) is 2.03. The summed E-state index contributed by atoms with van der Waals surface area (Å²) in [6.45, 7) is 10.1. The van der Waals surface area contributed by atoms with Gasteiger partial charge in [0.25, 0.3) is 0 Å². The van der Waals surface area contributed by atoms with Crippen LogP contribution in [-0.2, 0) is 26.3 Å². The van der Waals surface area contributed by atoms with Crippen LogP contribution in [0.5, 0.6) is 0 Å². The number of ether oxygens (including phenoxy) is 2. The Kier molecular flexibility index (Phi) is 8.43. The molecule has 0 spiro atoms. The summed E-state index contributed by atoms with van der Waals surface area (Å²) in [5.74, 6) is 1.80. The topological polar surface area (TPSA) is 138 Å². The second kappa shape index (κ2) is 11.6. The van der Waals surface area contributed by atoms with Crippen LogP contribution in [0.4, 0.5) is 11.6 Å². The van der Waals surface area contributed by atoms with Crippen molar-refractivity contribution in [3.63, 3.8) is 0 Å². The molecular weight excluding hydrogens is 474 g/mol. The van der Waals surface area contributed by atoms with Gasteiger partial charge in [-0.2, -0.15) is 0 Å². The lowest BCUT2D eigenvalue weighted by atomic mass is 9.68. The number of hydrogen-bond acceptors (Lipinski definition) is 11. The quantitative estimate of drug-likeness (QED) is 0.338. The molecule has 2 aromatic heterocycles. The number of nitrogens with one attached hydrogen (secondary N) is 3. The van der Waals surface area contributed by atoms with Gasteiger partial charge in [-0.15, -0.1) is 0 Å². The number of likely N-dealkylation sites (N-methyl/N-ethyl adjacent to an activating group) is 1. The molecule has 2 aromatic rings. The molecule has 0 radical (unpaired) electrons. The molecule has 4 rings (SSSR count). The molecule has 2 saturated heterocycles. The lowest BCUT2D eigenvalue weighted by Gasteiger charge is -2.46. The van der Waals surface area contributed by atoms with E-state index in [1.165, 1.54) is 6.92 Å². The molecule has 11 nitrogen and oxygen atoms in total. The third-order valence-corrected chi connectivity index (χ3v) is 7.39. The first-order valence-electron chi connectivity index (χ1n) is 13.0. The van der Waals surface area contributed by atoms with Crippen LogP contribution < -0.4 is 15.5 Å². The van der Waals surface area contributed by atoms with Gasteiger partial charge in [0.2, 0.25) is 0 Å². The van der Waals surface area contributed by atoms with Gasteiger partial charge in [-0.05, 0) is 52.5 Å². The molecule has 4 heterocycles. The van der Waals surface area contributed by atoms with Crippen molar-refractivity contribution in [2.75, 3.05) is 43.5 Å². The highest BCUT2D eigenvalue weighted by molar-refractivity contribution is 5.99. The van der Waals surface area contributed by atoms with Gasteiger partial charge in [0, 0.05) is 44.6 Å². The zero-order chi connectivity index (χ0) is 26.6. The van der Waals surface area contributed by atoms with Crippen molar-refractivity contribution in [1.82, 2.24) is 20.4 Å². The molecule has 0 bridgehead atoms. The summed E-state index contributed by atoms with van der Waals surface area (Å²) in [5, 5.41) is 19.4. The van der Waals surface area contributed by atoms with Crippen LogP contribution in [0, 0.1) is 18.3 Å². The van der Waals surface area contributed by atoms with Crippen molar-refractivity contribution in [2.45, 2.75) is 71.6 Å². The van der Waals surface area contributed by atoms with Gasteiger partial charge in [0.1, 0.15) is 30.0 Å². The fraction of sp³-hybridized carbons (Fsp3) is 0.654. The second-order valence-corrected chi connectivity index (χ2v) is 10.2. The fourth-order valence-electron chi connectivity index (χ4n) is 5.37. The molecule has 3 unspecified atom stereocenters. The van der Waals surface area contributed by atoms with E-state index in [0.717, 1.165) is 43.7 Å². The summed E-state index contributed by atoms with van der Waals surface area (Å²) in [6.07, 6.45) is 3.63. The summed E-state index contributed by atoms with van der Waals surface area (Å²) >= 11 is 0. The first kappa shape index (κ1) is 27.0. The lowest BCUT2D eigenvalue weighted by molar-refractivity contribution is -0.142. The fourth-order valence-corrected chi connectivity index (χ4v) is 5.37. The summed E-state index contributed by atoms with van der Waals surface area (Å²) in [4.78, 5) is 23.6.